The Morgan fingerprint density at radius 2 is 1.95 bits per heavy atom. The van der Waals surface area contributed by atoms with Crippen LogP contribution in [0.4, 0.5) is 4.79 Å². The largest absolute Gasteiger partial charge is 0.480 e. The molecule has 0 spiro atoms. The summed E-state index contributed by atoms with van der Waals surface area (Å²) < 4.78 is 0. The SMILES string of the molecule is CN(C)CC1CCCN1C(=O)NC1(C(=O)O)CCCC1. The van der Waals surface area contributed by atoms with E-state index in [0.29, 0.717) is 12.8 Å². The Labute approximate surface area is 120 Å². The molecular weight excluding hydrogens is 258 g/mol. The fourth-order valence-electron chi connectivity index (χ4n) is 3.36. The van der Waals surface area contributed by atoms with Gasteiger partial charge in [-0.1, -0.05) is 12.8 Å². The van der Waals surface area contributed by atoms with Crippen LogP contribution in [0.3, 0.4) is 0 Å². The Morgan fingerprint density at radius 3 is 2.50 bits per heavy atom. The highest BCUT2D eigenvalue weighted by atomic mass is 16.4. The van der Waals surface area contributed by atoms with Crippen molar-refractivity contribution in [2.24, 2.45) is 0 Å². The van der Waals surface area contributed by atoms with Crippen LogP contribution in [0.1, 0.15) is 38.5 Å². The number of carboxylic acids is 1. The van der Waals surface area contributed by atoms with E-state index in [2.05, 4.69) is 10.2 Å². The summed E-state index contributed by atoms with van der Waals surface area (Å²) in [5.74, 6) is -0.897. The van der Waals surface area contributed by atoms with E-state index in [4.69, 9.17) is 0 Å². The Morgan fingerprint density at radius 1 is 1.30 bits per heavy atom. The van der Waals surface area contributed by atoms with Gasteiger partial charge in [0, 0.05) is 19.1 Å². The molecule has 1 atom stereocenters. The molecule has 1 aliphatic carbocycles. The second kappa shape index (κ2) is 5.99. The van der Waals surface area contributed by atoms with Crippen LogP contribution in [-0.2, 0) is 4.79 Å². The van der Waals surface area contributed by atoms with Crippen molar-refractivity contribution in [1.82, 2.24) is 15.1 Å². The minimum atomic E-state index is -1.04. The topological polar surface area (TPSA) is 72.9 Å². The van der Waals surface area contributed by atoms with Crippen LogP contribution in [0, 0.1) is 0 Å². The molecule has 0 bridgehead atoms. The number of rotatable bonds is 4. The first kappa shape index (κ1) is 15.1. The van der Waals surface area contributed by atoms with Crippen molar-refractivity contribution >= 4 is 12.0 Å². The first-order valence-corrected chi connectivity index (χ1v) is 7.41. The van der Waals surface area contributed by atoms with Crippen molar-refractivity contribution in [2.75, 3.05) is 27.2 Å². The number of carbonyl (C=O) groups excluding carboxylic acids is 1. The van der Waals surface area contributed by atoms with E-state index in [-0.39, 0.29) is 12.1 Å². The summed E-state index contributed by atoms with van der Waals surface area (Å²) >= 11 is 0. The molecule has 114 valence electrons. The minimum absolute atomic E-state index is 0.192. The third-order valence-electron chi connectivity index (χ3n) is 4.43. The predicted octanol–water partition coefficient (Wildman–Crippen LogP) is 1.12. The summed E-state index contributed by atoms with van der Waals surface area (Å²) in [6, 6.07) is -0.0177. The van der Waals surface area contributed by atoms with Crippen LogP contribution in [0.15, 0.2) is 0 Å². The van der Waals surface area contributed by atoms with Gasteiger partial charge in [0.2, 0.25) is 0 Å². The van der Waals surface area contributed by atoms with Gasteiger partial charge in [-0.3, -0.25) is 0 Å². The second-order valence-electron chi connectivity index (χ2n) is 6.28. The summed E-state index contributed by atoms with van der Waals surface area (Å²) in [6.07, 6.45) is 4.81. The third-order valence-corrected chi connectivity index (χ3v) is 4.43. The molecule has 2 N–H and O–H groups in total. The van der Waals surface area contributed by atoms with E-state index in [9.17, 15) is 14.7 Å². The van der Waals surface area contributed by atoms with Crippen molar-refractivity contribution in [3.8, 4) is 0 Å². The molecule has 20 heavy (non-hydrogen) atoms. The number of carbonyl (C=O) groups is 2. The first-order chi connectivity index (χ1) is 9.44. The zero-order chi connectivity index (χ0) is 14.8. The van der Waals surface area contributed by atoms with E-state index in [1.165, 1.54) is 0 Å². The minimum Gasteiger partial charge on any atom is -0.480 e. The average Bonchev–Trinajstić information content (AvgIpc) is 2.98. The van der Waals surface area contributed by atoms with Gasteiger partial charge in [-0.05, 0) is 39.8 Å². The highest BCUT2D eigenvalue weighted by Gasteiger charge is 2.44. The van der Waals surface area contributed by atoms with Crippen LogP contribution < -0.4 is 5.32 Å². The lowest BCUT2D eigenvalue weighted by Crippen LogP contribution is -2.57. The molecular formula is C14H25N3O3. The van der Waals surface area contributed by atoms with Crippen LogP contribution in [0.25, 0.3) is 0 Å². The lowest BCUT2D eigenvalue weighted by Gasteiger charge is -2.32. The number of urea groups is 1. The van der Waals surface area contributed by atoms with Gasteiger partial charge in [0.05, 0.1) is 0 Å². The zero-order valence-electron chi connectivity index (χ0n) is 12.4. The molecule has 1 saturated carbocycles. The summed E-state index contributed by atoms with van der Waals surface area (Å²) in [6.45, 7) is 1.55. The number of carboxylic acid groups (broad SMARTS) is 1. The molecule has 2 amide bonds. The number of aliphatic carboxylic acids is 1. The molecule has 1 heterocycles. The average molecular weight is 283 g/mol. The highest BCUT2D eigenvalue weighted by Crippen LogP contribution is 2.30. The number of nitrogens with one attached hydrogen (secondary N) is 1. The molecule has 1 aliphatic heterocycles. The molecule has 0 aromatic heterocycles. The van der Waals surface area contributed by atoms with Crippen molar-refractivity contribution in [2.45, 2.75) is 50.1 Å². The Balaban J connectivity index is 2.01. The smallest absolute Gasteiger partial charge is 0.329 e. The first-order valence-electron chi connectivity index (χ1n) is 7.41. The number of hydrogen-bond acceptors (Lipinski definition) is 3. The molecule has 0 aromatic carbocycles. The van der Waals surface area contributed by atoms with Crippen LogP contribution in [0.5, 0.6) is 0 Å². The fourth-order valence-corrected chi connectivity index (χ4v) is 3.36. The van der Waals surface area contributed by atoms with E-state index in [0.717, 1.165) is 38.8 Å². The molecule has 2 fully saturated rings. The number of nitrogens with zero attached hydrogens (tertiary/aromatic N) is 2. The number of hydrogen-bond donors (Lipinski definition) is 2. The molecule has 6 nitrogen and oxygen atoms in total. The highest BCUT2D eigenvalue weighted by molar-refractivity contribution is 5.86. The van der Waals surface area contributed by atoms with E-state index < -0.39 is 11.5 Å². The summed E-state index contributed by atoms with van der Waals surface area (Å²) in [4.78, 5) is 27.8. The van der Waals surface area contributed by atoms with Crippen LogP contribution in [-0.4, -0.2) is 65.7 Å². The fraction of sp³-hybridized carbons (Fsp3) is 0.857. The normalized spacial score (nSPS) is 25.1. The van der Waals surface area contributed by atoms with Gasteiger partial charge in [-0.2, -0.15) is 0 Å². The zero-order valence-corrected chi connectivity index (χ0v) is 12.4. The van der Waals surface area contributed by atoms with Gasteiger partial charge in [0.15, 0.2) is 0 Å². The summed E-state index contributed by atoms with van der Waals surface area (Å²) in [7, 11) is 3.98. The van der Waals surface area contributed by atoms with Crippen molar-refractivity contribution in [1.29, 1.82) is 0 Å². The number of likely N-dealkylation sites (N-methyl/N-ethyl adjacent to an activating group) is 1. The second-order valence-corrected chi connectivity index (χ2v) is 6.28. The molecule has 1 unspecified atom stereocenters. The van der Waals surface area contributed by atoms with Gasteiger partial charge in [-0.25, -0.2) is 9.59 Å². The Bertz CT molecular complexity index is 378. The van der Waals surface area contributed by atoms with Crippen LogP contribution in [0.2, 0.25) is 0 Å². The number of amides is 2. The Hall–Kier alpha value is -1.30. The van der Waals surface area contributed by atoms with E-state index >= 15 is 0 Å². The maximum Gasteiger partial charge on any atom is 0.329 e. The van der Waals surface area contributed by atoms with Crippen LogP contribution >= 0.6 is 0 Å². The van der Waals surface area contributed by atoms with E-state index in [1.54, 1.807) is 0 Å². The van der Waals surface area contributed by atoms with Gasteiger partial charge in [0.25, 0.3) is 0 Å². The molecule has 0 radical (unpaired) electrons. The summed E-state index contributed by atoms with van der Waals surface area (Å²) in [5, 5.41) is 12.2. The molecule has 2 aliphatic rings. The lowest BCUT2D eigenvalue weighted by molar-refractivity contribution is -0.144. The quantitative estimate of drug-likeness (QED) is 0.811. The predicted molar refractivity (Wildman–Crippen MR) is 75.6 cm³/mol. The molecule has 0 aromatic rings. The lowest BCUT2D eigenvalue weighted by atomic mass is 9.98. The number of likely N-dealkylation sites (tertiary alicyclic amines) is 1. The Kier molecular flexibility index (Phi) is 4.52. The maximum absolute atomic E-state index is 12.4. The monoisotopic (exact) mass is 283 g/mol. The van der Waals surface area contributed by atoms with Gasteiger partial charge in [-0.15, -0.1) is 0 Å². The standard InChI is InChI=1S/C14H25N3O3/c1-16(2)10-11-6-5-9-17(11)13(20)15-14(12(18)19)7-3-4-8-14/h11H,3-10H2,1-2H3,(H,15,20)(H,18,19). The maximum atomic E-state index is 12.4. The van der Waals surface area contributed by atoms with Crippen molar-refractivity contribution in [3.63, 3.8) is 0 Å². The molecule has 1 saturated heterocycles. The molecule has 6 heteroatoms. The summed E-state index contributed by atoms with van der Waals surface area (Å²) in [5.41, 5.74) is -1.04. The van der Waals surface area contributed by atoms with Crippen molar-refractivity contribution < 1.29 is 14.7 Å². The van der Waals surface area contributed by atoms with E-state index in [1.807, 2.05) is 19.0 Å². The van der Waals surface area contributed by atoms with Gasteiger partial charge < -0.3 is 20.2 Å². The third kappa shape index (κ3) is 3.06. The molecule has 2 rings (SSSR count). The van der Waals surface area contributed by atoms with Gasteiger partial charge in [0.1, 0.15) is 5.54 Å². The van der Waals surface area contributed by atoms with Crippen molar-refractivity contribution in [3.05, 3.63) is 0 Å². The van der Waals surface area contributed by atoms with Gasteiger partial charge >= 0.3 is 12.0 Å².